The molecule has 0 amide bonds. The lowest BCUT2D eigenvalue weighted by Gasteiger charge is -2.30. The van der Waals surface area contributed by atoms with Gasteiger partial charge >= 0.3 is 0 Å². The summed E-state index contributed by atoms with van der Waals surface area (Å²) in [6.07, 6.45) is 6.60. The van der Waals surface area contributed by atoms with Crippen LogP contribution in [0.5, 0.6) is 0 Å². The summed E-state index contributed by atoms with van der Waals surface area (Å²) in [4.78, 5) is 20.7. The van der Waals surface area contributed by atoms with Crippen molar-refractivity contribution in [2.75, 3.05) is 5.75 Å². The van der Waals surface area contributed by atoms with Crippen molar-refractivity contribution in [2.24, 2.45) is 0 Å². The predicted molar refractivity (Wildman–Crippen MR) is 114 cm³/mol. The fourth-order valence-electron chi connectivity index (χ4n) is 4.14. The van der Waals surface area contributed by atoms with Gasteiger partial charge in [0.15, 0.2) is 5.16 Å². The summed E-state index contributed by atoms with van der Waals surface area (Å²) in [5.74, 6) is 0.798. The van der Waals surface area contributed by atoms with Crippen molar-refractivity contribution in [3.63, 3.8) is 0 Å². The molecule has 0 radical (unpaired) electrons. The molecule has 2 aliphatic rings. The van der Waals surface area contributed by atoms with Gasteiger partial charge in [0.2, 0.25) is 0 Å². The highest BCUT2D eigenvalue weighted by molar-refractivity contribution is 7.99. The number of thioether (sulfide) groups is 1. The standard InChI is InChI=1S/C21H28N2O2S2/c1-13(2)12-26-20-22-18-17(15-10-21(3,4)25-11-16(15)27-18)19(24)23(20)14-8-6-5-7-9-14/h14H,1,5-12H2,2-4H3. The third-order valence-corrected chi connectivity index (χ3v) is 7.77. The van der Waals surface area contributed by atoms with Crippen LogP contribution in [0, 0.1) is 0 Å². The van der Waals surface area contributed by atoms with Crippen LogP contribution < -0.4 is 5.56 Å². The maximum Gasteiger partial charge on any atom is 0.263 e. The smallest absolute Gasteiger partial charge is 0.263 e. The minimum Gasteiger partial charge on any atom is -0.370 e. The molecule has 1 fully saturated rings. The van der Waals surface area contributed by atoms with Crippen LogP contribution in [0.3, 0.4) is 0 Å². The molecule has 0 bridgehead atoms. The first-order valence-electron chi connectivity index (χ1n) is 9.83. The predicted octanol–water partition coefficient (Wildman–Crippen LogP) is 5.48. The minimum absolute atomic E-state index is 0.159. The van der Waals surface area contributed by atoms with Crippen molar-refractivity contribution in [3.05, 3.63) is 32.9 Å². The first kappa shape index (κ1) is 19.2. The molecular formula is C21H28N2O2S2. The average Bonchev–Trinajstić information content (AvgIpc) is 2.97. The summed E-state index contributed by atoms with van der Waals surface area (Å²) < 4.78 is 7.99. The number of ether oxygens (including phenoxy) is 1. The Morgan fingerprint density at radius 2 is 2.11 bits per heavy atom. The van der Waals surface area contributed by atoms with Gasteiger partial charge in [-0.15, -0.1) is 11.3 Å². The zero-order chi connectivity index (χ0) is 19.2. The van der Waals surface area contributed by atoms with Gasteiger partial charge in [-0.25, -0.2) is 4.98 Å². The maximum absolute atomic E-state index is 13.7. The second-order valence-electron chi connectivity index (χ2n) is 8.52. The molecule has 6 heteroatoms. The maximum atomic E-state index is 13.7. The average molecular weight is 405 g/mol. The summed E-state index contributed by atoms with van der Waals surface area (Å²) in [6, 6.07) is 0.277. The normalized spacial score (nSPS) is 20.0. The monoisotopic (exact) mass is 404 g/mol. The SMILES string of the molecule is C=C(C)CSc1nc2sc3c(c2c(=O)n1C1CCCCC1)CC(C)(C)OC3. The van der Waals surface area contributed by atoms with Crippen LogP contribution in [0.25, 0.3) is 10.2 Å². The highest BCUT2D eigenvalue weighted by Crippen LogP contribution is 2.39. The van der Waals surface area contributed by atoms with Gasteiger partial charge in [-0.3, -0.25) is 9.36 Å². The molecule has 2 aromatic rings. The summed E-state index contributed by atoms with van der Waals surface area (Å²) >= 11 is 3.28. The summed E-state index contributed by atoms with van der Waals surface area (Å²) in [6.45, 7) is 10.8. The fourth-order valence-corrected chi connectivity index (χ4v) is 6.19. The molecule has 1 saturated carbocycles. The van der Waals surface area contributed by atoms with Crippen LogP contribution >= 0.6 is 23.1 Å². The first-order chi connectivity index (χ1) is 12.9. The van der Waals surface area contributed by atoms with E-state index in [4.69, 9.17) is 9.72 Å². The van der Waals surface area contributed by atoms with Crippen LogP contribution in [-0.4, -0.2) is 20.9 Å². The Bertz CT molecular complexity index is 936. The van der Waals surface area contributed by atoms with E-state index >= 15 is 0 Å². The quantitative estimate of drug-likeness (QED) is 0.384. The van der Waals surface area contributed by atoms with E-state index in [0.717, 1.165) is 46.0 Å². The molecule has 0 aromatic carbocycles. The highest BCUT2D eigenvalue weighted by Gasteiger charge is 2.32. The summed E-state index contributed by atoms with van der Waals surface area (Å²) in [5.41, 5.74) is 2.21. The van der Waals surface area contributed by atoms with Crippen molar-refractivity contribution in [2.45, 2.75) is 82.7 Å². The zero-order valence-corrected chi connectivity index (χ0v) is 18.1. The van der Waals surface area contributed by atoms with Crippen molar-refractivity contribution in [1.82, 2.24) is 9.55 Å². The van der Waals surface area contributed by atoms with Crippen LogP contribution in [0.15, 0.2) is 22.1 Å². The molecule has 0 spiro atoms. The van der Waals surface area contributed by atoms with Gasteiger partial charge in [0.1, 0.15) is 4.83 Å². The Morgan fingerprint density at radius 1 is 1.37 bits per heavy atom. The van der Waals surface area contributed by atoms with Crippen molar-refractivity contribution >= 4 is 33.3 Å². The van der Waals surface area contributed by atoms with Crippen molar-refractivity contribution < 1.29 is 4.74 Å². The molecule has 0 N–H and O–H groups in total. The highest BCUT2D eigenvalue weighted by atomic mass is 32.2. The van der Waals surface area contributed by atoms with E-state index in [-0.39, 0.29) is 17.2 Å². The Kier molecular flexibility index (Phi) is 5.25. The number of hydrogen-bond donors (Lipinski definition) is 0. The van der Waals surface area contributed by atoms with Gasteiger partial charge in [-0.2, -0.15) is 0 Å². The molecule has 146 valence electrons. The van der Waals surface area contributed by atoms with Crippen molar-refractivity contribution in [3.8, 4) is 0 Å². The van der Waals surface area contributed by atoms with Gasteiger partial charge in [0.25, 0.3) is 5.56 Å². The Morgan fingerprint density at radius 3 is 2.81 bits per heavy atom. The summed E-state index contributed by atoms with van der Waals surface area (Å²) in [5, 5.41) is 1.71. The van der Waals surface area contributed by atoms with E-state index in [0.29, 0.717) is 6.61 Å². The number of thiophene rings is 1. The molecule has 0 saturated heterocycles. The zero-order valence-electron chi connectivity index (χ0n) is 16.5. The molecule has 27 heavy (non-hydrogen) atoms. The molecule has 4 rings (SSSR count). The van der Waals surface area contributed by atoms with Gasteiger partial charge in [0, 0.05) is 23.1 Å². The van der Waals surface area contributed by atoms with Gasteiger partial charge in [-0.05, 0) is 39.2 Å². The molecule has 1 aliphatic carbocycles. The summed E-state index contributed by atoms with van der Waals surface area (Å²) in [7, 11) is 0. The lowest BCUT2D eigenvalue weighted by atomic mass is 9.93. The van der Waals surface area contributed by atoms with Crippen LogP contribution in [0.2, 0.25) is 0 Å². The second kappa shape index (κ2) is 7.37. The Balaban J connectivity index is 1.88. The number of hydrogen-bond acceptors (Lipinski definition) is 5. The van der Waals surface area contributed by atoms with Crippen LogP contribution in [0.4, 0.5) is 0 Å². The third-order valence-electron chi connectivity index (χ3n) is 5.49. The Labute approximate surface area is 169 Å². The van der Waals surface area contributed by atoms with E-state index in [1.807, 2.05) is 11.5 Å². The van der Waals surface area contributed by atoms with Gasteiger partial charge in [-0.1, -0.05) is 43.2 Å². The number of rotatable bonds is 4. The lowest BCUT2D eigenvalue weighted by Crippen LogP contribution is -2.33. The Hall–Kier alpha value is -1.11. The van der Waals surface area contributed by atoms with E-state index in [2.05, 4.69) is 20.4 Å². The van der Waals surface area contributed by atoms with E-state index in [9.17, 15) is 4.79 Å². The van der Waals surface area contributed by atoms with E-state index < -0.39 is 0 Å². The van der Waals surface area contributed by atoms with E-state index in [1.54, 1.807) is 23.1 Å². The molecule has 3 heterocycles. The largest absolute Gasteiger partial charge is 0.370 e. The molecule has 0 unspecified atom stereocenters. The fraction of sp³-hybridized carbons (Fsp3) is 0.619. The minimum atomic E-state index is -0.226. The van der Waals surface area contributed by atoms with Crippen LogP contribution in [0.1, 0.15) is 69.4 Å². The number of fused-ring (bicyclic) bond motifs is 3. The molecule has 1 aliphatic heterocycles. The van der Waals surface area contributed by atoms with Gasteiger partial charge < -0.3 is 4.74 Å². The van der Waals surface area contributed by atoms with Gasteiger partial charge in [0.05, 0.1) is 17.6 Å². The molecule has 4 nitrogen and oxygen atoms in total. The van der Waals surface area contributed by atoms with Crippen LogP contribution in [-0.2, 0) is 17.8 Å². The topological polar surface area (TPSA) is 44.1 Å². The first-order valence-corrected chi connectivity index (χ1v) is 11.6. The lowest BCUT2D eigenvalue weighted by molar-refractivity contribution is -0.0379. The third kappa shape index (κ3) is 3.76. The molecule has 0 atom stereocenters. The number of nitrogens with zero attached hydrogens (tertiary/aromatic N) is 2. The second-order valence-corrected chi connectivity index (χ2v) is 10.5. The molecule has 2 aromatic heterocycles. The molecular weight excluding hydrogens is 376 g/mol. The van der Waals surface area contributed by atoms with Crippen molar-refractivity contribution in [1.29, 1.82) is 0 Å². The van der Waals surface area contributed by atoms with E-state index in [1.165, 1.54) is 29.7 Å². The number of aromatic nitrogens is 2.